The van der Waals surface area contributed by atoms with E-state index in [4.69, 9.17) is 9.84 Å². The largest absolute Gasteiger partial charge is 0.477 e. The summed E-state index contributed by atoms with van der Waals surface area (Å²) >= 11 is 0. The van der Waals surface area contributed by atoms with E-state index in [1.807, 2.05) is 0 Å². The van der Waals surface area contributed by atoms with E-state index >= 15 is 0 Å². The molecule has 23 heavy (non-hydrogen) atoms. The number of hydrogen-bond acceptors (Lipinski definition) is 5. The van der Waals surface area contributed by atoms with Gasteiger partial charge in [-0.2, -0.15) is 0 Å². The van der Waals surface area contributed by atoms with Crippen molar-refractivity contribution in [2.24, 2.45) is 0 Å². The number of carbonyl (C=O) groups excluding carboxylic acids is 1. The number of unbranched alkanes of at least 4 members (excludes halogenated alkanes) is 5. The Balaban J connectivity index is 2.64. The van der Waals surface area contributed by atoms with Crippen molar-refractivity contribution in [3.63, 3.8) is 0 Å². The molecular weight excluding hydrogens is 302 g/mol. The molecule has 0 aliphatic heterocycles. The van der Waals surface area contributed by atoms with Crippen LogP contribution in [-0.4, -0.2) is 28.6 Å². The number of ether oxygens (including phenoxy) is 1. The number of carboxylic acids is 1. The number of nitrogens with zero attached hydrogens (tertiary/aromatic N) is 1. The van der Waals surface area contributed by atoms with Crippen LogP contribution in [0.5, 0.6) is 0 Å². The summed E-state index contributed by atoms with van der Waals surface area (Å²) in [5.74, 6) is -2.37. The van der Waals surface area contributed by atoms with Crippen LogP contribution in [0, 0.1) is 10.1 Å². The van der Waals surface area contributed by atoms with Crippen molar-refractivity contribution in [3.05, 3.63) is 39.4 Å². The third-order valence-electron chi connectivity index (χ3n) is 3.40. The predicted molar refractivity (Wildman–Crippen MR) is 83.7 cm³/mol. The lowest BCUT2D eigenvalue weighted by Crippen LogP contribution is -2.14. The Kier molecular flexibility index (Phi) is 7.73. The van der Waals surface area contributed by atoms with Crippen molar-refractivity contribution in [1.29, 1.82) is 0 Å². The highest BCUT2D eigenvalue weighted by Gasteiger charge is 2.27. The summed E-state index contributed by atoms with van der Waals surface area (Å²) < 4.78 is 5.04. The Hall–Kier alpha value is -2.44. The molecule has 1 aromatic carbocycles. The van der Waals surface area contributed by atoms with Gasteiger partial charge in [0.25, 0.3) is 5.69 Å². The first-order valence-corrected chi connectivity index (χ1v) is 7.66. The zero-order valence-electron chi connectivity index (χ0n) is 13.1. The molecule has 7 nitrogen and oxygen atoms in total. The summed E-state index contributed by atoms with van der Waals surface area (Å²) in [6.07, 6.45) is 6.14. The summed E-state index contributed by atoms with van der Waals surface area (Å²) in [7, 11) is 0. The fourth-order valence-electron chi connectivity index (χ4n) is 2.21. The Morgan fingerprint density at radius 2 is 1.83 bits per heavy atom. The van der Waals surface area contributed by atoms with Gasteiger partial charge in [-0.05, 0) is 12.5 Å². The van der Waals surface area contributed by atoms with Crippen molar-refractivity contribution in [2.45, 2.75) is 45.4 Å². The molecule has 0 aromatic heterocycles. The van der Waals surface area contributed by atoms with E-state index in [0.29, 0.717) is 6.42 Å². The number of carboxylic acid groups (broad SMARTS) is 1. The van der Waals surface area contributed by atoms with Crippen molar-refractivity contribution < 1.29 is 24.4 Å². The van der Waals surface area contributed by atoms with Gasteiger partial charge in [-0.3, -0.25) is 10.1 Å². The van der Waals surface area contributed by atoms with Crippen molar-refractivity contribution in [3.8, 4) is 0 Å². The predicted octanol–water partition coefficient (Wildman–Crippen LogP) is 3.81. The van der Waals surface area contributed by atoms with Gasteiger partial charge in [0.1, 0.15) is 0 Å². The molecule has 1 rings (SSSR count). The van der Waals surface area contributed by atoms with E-state index < -0.39 is 28.1 Å². The van der Waals surface area contributed by atoms with E-state index in [-0.39, 0.29) is 12.2 Å². The number of esters is 1. The molecule has 0 amide bonds. The fourth-order valence-corrected chi connectivity index (χ4v) is 2.21. The molecule has 126 valence electrons. The quantitative estimate of drug-likeness (QED) is 0.304. The number of rotatable bonds is 10. The van der Waals surface area contributed by atoms with Gasteiger partial charge < -0.3 is 9.84 Å². The van der Waals surface area contributed by atoms with Crippen molar-refractivity contribution >= 4 is 17.6 Å². The summed E-state index contributed by atoms with van der Waals surface area (Å²) in [4.78, 5) is 33.2. The first kappa shape index (κ1) is 18.6. The Bertz CT molecular complexity index is 570. The molecule has 0 bridgehead atoms. The molecule has 7 heteroatoms. The lowest BCUT2D eigenvalue weighted by Gasteiger charge is -2.07. The maximum atomic E-state index is 12.0. The van der Waals surface area contributed by atoms with Crippen LogP contribution in [0.25, 0.3) is 0 Å². The van der Waals surface area contributed by atoms with E-state index in [1.165, 1.54) is 18.6 Å². The number of benzene rings is 1. The number of nitro benzene ring substituents is 1. The normalized spacial score (nSPS) is 10.3. The number of nitro groups is 1. The second-order valence-electron chi connectivity index (χ2n) is 5.17. The minimum absolute atomic E-state index is 0.173. The molecule has 0 fully saturated rings. The zero-order chi connectivity index (χ0) is 17.2. The van der Waals surface area contributed by atoms with Crippen LogP contribution < -0.4 is 0 Å². The van der Waals surface area contributed by atoms with Crippen LogP contribution in [0.1, 0.15) is 66.2 Å². The van der Waals surface area contributed by atoms with Gasteiger partial charge in [-0.1, -0.05) is 45.1 Å². The Labute approximate surface area is 134 Å². The summed E-state index contributed by atoms with van der Waals surface area (Å²) in [6.45, 7) is 2.30. The third kappa shape index (κ3) is 5.69. The topological polar surface area (TPSA) is 107 Å². The summed E-state index contributed by atoms with van der Waals surface area (Å²) in [6, 6.07) is 3.54. The van der Waals surface area contributed by atoms with Crippen molar-refractivity contribution in [1.82, 2.24) is 0 Å². The van der Waals surface area contributed by atoms with E-state index in [1.54, 1.807) is 0 Å². The van der Waals surface area contributed by atoms with Gasteiger partial charge in [-0.15, -0.1) is 0 Å². The third-order valence-corrected chi connectivity index (χ3v) is 3.40. The van der Waals surface area contributed by atoms with Gasteiger partial charge in [0, 0.05) is 6.07 Å². The van der Waals surface area contributed by atoms with Crippen LogP contribution in [0.4, 0.5) is 5.69 Å². The Morgan fingerprint density at radius 3 is 2.43 bits per heavy atom. The number of hydrogen-bond donors (Lipinski definition) is 1. The first-order valence-electron chi connectivity index (χ1n) is 7.66. The molecule has 0 aliphatic carbocycles. The average Bonchev–Trinajstić information content (AvgIpc) is 2.52. The number of aromatic carboxylic acids is 1. The number of carbonyl (C=O) groups is 2. The van der Waals surface area contributed by atoms with Crippen LogP contribution in [-0.2, 0) is 4.74 Å². The van der Waals surface area contributed by atoms with Crippen LogP contribution >= 0.6 is 0 Å². The van der Waals surface area contributed by atoms with Gasteiger partial charge in [0.05, 0.1) is 17.1 Å². The lowest BCUT2D eigenvalue weighted by atomic mass is 10.1. The highest BCUT2D eigenvalue weighted by atomic mass is 16.6. The Morgan fingerprint density at radius 1 is 1.17 bits per heavy atom. The smallest absolute Gasteiger partial charge is 0.343 e. The first-order chi connectivity index (χ1) is 11.0. The molecule has 0 saturated heterocycles. The maximum absolute atomic E-state index is 12.0. The SMILES string of the molecule is CCCCCCCCOC(=O)c1cccc([N+](=O)[O-])c1C(=O)O. The standard InChI is InChI=1S/C16H21NO6/c1-2-3-4-5-6-7-11-23-16(20)12-9-8-10-13(17(21)22)14(12)15(18)19/h8-10H,2-7,11H2,1H3,(H,18,19). The minimum atomic E-state index is -1.52. The maximum Gasteiger partial charge on any atom is 0.343 e. The highest BCUT2D eigenvalue weighted by Crippen LogP contribution is 2.23. The van der Waals surface area contributed by atoms with Gasteiger partial charge in [0.15, 0.2) is 5.56 Å². The molecule has 1 aromatic rings. The average molecular weight is 323 g/mol. The monoisotopic (exact) mass is 323 g/mol. The molecule has 0 radical (unpaired) electrons. The summed E-state index contributed by atoms with van der Waals surface area (Å²) in [5.41, 5.74) is -1.55. The van der Waals surface area contributed by atoms with E-state index in [0.717, 1.165) is 31.7 Å². The molecule has 0 heterocycles. The summed E-state index contributed by atoms with van der Waals surface area (Å²) in [5, 5.41) is 20.0. The van der Waals surface area contributed by atoms with E-state index in [2.05, 4.69) is 6.92 Å². The highest BCUT2D eigenvalue weighted by molar-refractivity contribution is 6.05. The van der Waals surface area contributed by atoms with Crippen LogP contribution in [0.15, 0.2) is 18.2 Å². The molecule has 0 atom stereocenters. The minimum Gasteiger partial charge on any atom is -0.477 e. The van der Waals surface area contributed by atoms with Crippen molar-refractivity contribution in [2.75, 3.05) is 6.61 Å². The van der Waals surface area contributed by atoms with Crippen LogP contribution in [0.3, 0.4) is 0 Å². The molecule has 0 aliphatic rings. The molecule has 0 unspecified atom stereocenters. The van der Waals surface area contributed by atoms with Gasteiger partial charge >= 0.3 is 11.9 Å². The van der Waals surface area contributed by atoms with Crippen LogP contribution in [0.2, 0.25) is 0 Å². The molecular formula is C16H21NO6. The second-order valence-corrected chi connectivity index (χ2v) is 5.17. The molecule has 1 N–H and O–H groups in total. The fraction of sp³-hybridized carbons (Fsp3) is 0.500. The van der Waals surface area contributed by atoms with Gasteiger partial charge in [0.2, 0.25) is 0 Å². The lowest BCUT2D eigenvalue weighted by molar-refractivity contribution is -0.385. The zero-order valence-corrected chi connectivity index (χ0v) is 13.1. The van der Waals surface area contributed by atoms with E-state index in [9.17, 15) is 19.7 Å². The second kappa shape index (κ2) is 9.55. The molecule has 0 saturated carbocycles. The molecule has 0 spiro atoms. The van der Waals surface area contributed by atoms with Gasteiger partial charge in [-0.25, -0.2) is 9.59 Å².